The minimum absolute atomic E-state index is 0.0567. The summed E-state index contributed by atoms with van der Waals surface area (Å²) >= 11 is 1.70. The van der Waals surface area contributed by atoms with Crippen LogP contribution >= 0.6 is 11.3 Å². The number of piperidine rings is 1. The highest BCUT2D eigenvalue weighted by molar-refractivity contribution is 7.18. The fourth-order valence-corrected chi connectivity index (χ4v) is 4.02. The van der Waals surface area contributed by atoms with Crippen molar-refractivity contribution in [2.45, 2.75) is 33.6 Å². The zero-order valence-electron chi connectivity index (χ0n) is 13.3. The van der Waals surface area contributed by atoms with Gasteiger partial charge in [0.1, 0.15) is 17.0 Å². The van der Waals surface area contributed by atoms with Crippen LogP contribution in [0.5, 0.6) is 0 Å². The molecule has 1 unspecified atom stereocenters. The van der Waals surface area contributed by atoms with Gasteiger partial charge in [0.2, 0.25) is 0 Å². The summed E-state index contributed by atoms with van der Waals surface area (Å²) in [6.45, 7) is 8.13. The summed E-state index contributed by atoms with van der Waals surface area (Å²) in [6.07, 6.45) is 3.50. The van der Waals surface area contributed by atoms with Crippen molar-refractivity contribution >= 4 is 33.3 Å². The van der Waals surface area contributed by atoms with Crippen LogP contribution in [0.4, 0.5) is 5.82 Å². The van der Waals surface area contributed by atoms with E-state index in [2.05, 4.69) is 28.7 Å². The Balaban J connectivity index is 1.92. The number of esters is 1. The van der Waals surface area contributed by atoms with E-state index in [1.54, 1.807) is 17.7 Å². The molecule has 0 aliphatic carbocycles. The number of anilines is 1. The average Bonchev–Trinajstić information content (AvgIpc) is 2.82. The van der Waals surface area contributed by atoms with Gasteiger partial charge in [-0.1, -0.05) is 0 Å². The maximum Gasteiger partial charge on any atom is 0.310 e. The van der Waals surface area contributed by atoms with Crippen molar-refractivity contribution in [1.82, 2.24) is 9.97 Å². The third kappa shape index (κ3) is 2.67. The molecule has 118 valence electrons. The first-order valence-electron chi connectivity index (χ1n) is 7.74. The Hall–Kier alpha value is -1.69. The van der Waals surface area contributed by atoms with E-state index < -0.39 is 0 Å². The Labute approximate surface area is 134 Å². The van der Waals surface area contributed by atoms with Gasteiger partial charge in [0.15, 0.2) is 0 Å². The molecule has 0 amide bonds. The van der Waals surface area contributed by atoms with E-state index in [0.717, 1.165) is 35.4 Å². The predicted octanol–water partition coefficient (Wildman–Crippen LogP) is 3.09. The van der Waals surface area contributed by atoms with E-state index >= 15 is 0 Å². The molecule has 1 aliphatic heterocycles. The minimum atomic E-state index is -0.0873. The van der Waals surface area contributed by atoms with Crippen LogP contribution in [-0.4, -0.2) is 35.6 Å². The lowest BCUT2D eigenvalue weighted by atomic mass is 9.98. The first kappa shape index (κ1) is 15.2. The van der Waals surface area contributed by atoms with E-state index in [0.29, 0.717) is 13.2 Å². The highest BCUT2D eigenvalue weighted by Gasteiger charge is 2.29. The van der Waals surface area contributed by atoms with Crippen molar-refractivity contribution in [2.24, 2.45) is 5.92 Å². The molecule has 0 aromatic carbocycles. The standard InChI is InChI=1S/C16H21N3O2S/c1-4-21-16(20)12-6-5-7-19(8-12)14-13-10(2)11(3)22-15(13)18-9-17-14/h9,12H,4-8H2,1-3H3. The van der Waals surface area contributed by atoms with Gasteiger partial charge in [0, 0.05) is 18.0 Å². The van der Waals surface area contributed by atoms with E-state index in [1.807, 2.05) is 6.92 Å². The predicted molar refractivity (Wildman–Crippen MR) is 88.5 cm³/mol. The SMILES string of the molecule is CCOC(=O)C1CCCN(c2ncnc3sc(C)c(C)c23)C1. The third-order valence-electron chi connectivity index (χ3n) is 4.29. The second kappa shape index (κ2) is 6.20. The normalized spacial score (nSPS) is 18.7. The van der Waals surface area contributed by atoms with Gasteiger partial charge in [-0.3, -0.25) is 4.79 Å². The van der Waals surface area contributed by atoms with Crippen LogP contribution < -0.4 is 4.90 Å². The number of carbonyl (C=O) groups is 1. The molecule has 0 N–H and O–H groups in total. The van der Waals surface area contributed by atoms with Gasteiger partial charge in [-0.15, -0.1) is 11.3 Å². The van der Waals surface area contributed by atoms with Crippen LogP contribution in [0, 0.1) is 19.8 Å². The topological polar surface area (TPSA) is 55.3 Å². The van der Waals surface area contributed by atoms with Crippen LogP contribution in [0.2, 0.25) is 0 Å². The molecule has 2 aromatic heterocycles. The molecule has 0 saturated carbocycles. The first-order valence-corrected chi connectivity index (χ1v) is 8.55. The maximum atomic E-state index is 12.0. The summed E-state index contributed by atoms with van der Waals surface area (Å²) in [7, 11) is 0. The fourth-order valence-electron chi connectivity index (χ4n) is 3.03. The van der Waals surface area contributed by atoms with E-state index in [4.69, 9.17) is 4.74 Å². The summed E-state index contributed by atoms with van der Waals surface area (Å²) in [6, 6.07) is 0. The van der Waals surface area contributed by atoms with Gasteiger partial charge in [-0.2, -0.15) is 0 Å². The van der Waals surface area contributed by atoms with Crippen molar-refractivity contribution in [3.05, 3.63) is 16.8 Å². The van der Waals surface area contributed by atoms with Gasteiger partial charge in [-0.25, -0.2) is 9.97 Å². The Morgan fingerprint density at radius 1 is 1.45 bits per heavy atom. The van der Waals surface area contributed by atoms with Crippen molar-refractivity contribution in [2.75, 3.05) is 24.6 Å². The number of hydrogen-bond acceptors (Lipinski definition) is 6. The number of carbonyl (C=O) groups excluding carboxylic acids is 1. The van der Waals surface area contributed by atoms with Crippen LogP contribution in [0.1, 0.15) is 30.2 Å². The zero-order valence-corrected chi connectivity index (χ0v) is 14.1. The largest absolute Gasteiger partial charge is 0.466 e. The number of aromatic nitrogens is 2. The smallest absolute Gasteiger partial charge is 0.310 e. The second-order valence-electron chi connectivity index (χ2n) is 5.70. The fraction of sp³-hybridized carbons (Fsp3) is 0.562. The van der Waals surface area contributed by atoms with Gasteiger partial charge >= 0.3 is 5.97 Å². The van der Waals surface area contributed by atoms with E-state index in [9.17, 15) is 4.79 Å². The highest BCUT2D eigenvalue weighted by Crippen LogP contribution is 2.35. The van der Waals surface area contributed by atoms with Gasteiger partial charge < -0.3 is 9.64 Å². The minimum Gasteiger partial charge on any atom is -0.466 e. The third-order valence-corrected chi connectivity index (χ3v) is 5.40. The van der Waals surface area contributed by atoms with Crippen LogP contribution in [0.25, 0.3) is 10.2 Å². The number of aryl methyl sites for hydroxylation is 2. The lowest BCUT2D eigenvalue weighted by Gasteiger charge is -2.32. The molecule has 3 rings (SSSR count). The molecule has 5 nitrogen and oxygen atoms in total. The second-order valence-corrected chi connectivity index (χ2v) is 6.90. The number of thiophene rings is 1. The number of nitrogens with zero attached hydrogens (tertiary/aromatic N) is 3. The molecule has 1 atom stereocenters. The van der Waals surface area contributed by atoms with Crippen molar-refractivity contribution < 1.29 is 9.53 Å². The van der Waals surface area contributed by atoms with Gasteiger partial charge in [0.25, 0.3) is 0 Å². The summed E-state index contributed by atoms with van der Waals surface area (Å²) in [5, 5.41) is 1.13. The number of fused-ring (bicyclic) bond motifs is 1. The molecule has 22 heavy (non-hydrogen) atoms. The molecule has 2 aromatic rings. The molecule has 0 spiro atoms. The Kier molecular flexibility index (Phi) is 4.29. The van der Waals surface area contributed by atoms with E-state index in [1.165, 1.54) is 10.4 Å². The molecule has 1 fully saturated rings. The molecule has 6 heteroatoms. The van der Waals surface area contributed by atoms with Crippen LogP contribution in [0.15, 0.2) is 6.33 Å². The summed E-state index contributed by atoms with van der Waals surface area (Å²) in [4.78, 5) is 25.5. The molecule has 1 aliphatic rings. The molecule has 0 bridgehead atoms. The van der Waals surface area contributed by atoms with Crippen LogP contribution in [0.3, 0.4) is 0 Å². The Bertz CT molecular complexity index is 698. The van der Waals surface area contributed by atoms with Gasteiger partial charge in [-0.05, 0) is 39.2 Å². The first-order chi connectivity index (χ1) is 10.6. The Morgan fingerprint density at radius 3 is 3.05 bits per heavy atom. The maximum absolute atomic E-state index is 12.0. The number of rotatable bonds is 3. The lowest BCUT2D eigenvalue weighted by molar-refractivity contribution is -0.148. The number of hydrogen-bond donors (Lipinski definition) is 0. The molecular weight excluding hydrogens is 298 g/mol. The quantitative estimate of drug-likeness (QED) is 0.814. The van der Waals surface area contributed by atoms with E-state index in [-0.39, 0.29) is 11.9 Å². The summed E-state index contributed by atoms with van der Waals surface area (Å²) in [5.41, 5.74) is 1.24. The molecule has 3 heterocycles. The summed E-state index contributed by atoms with van der Waals surface area (Å²) in [5.74, 6) is 0.815. The zero-order chi connectivity index (χ0) is 15.7. The van der Waals surface area contributed by atoms with Crippen LogP contribution in [-0.2, 0) is 9.53 Å². The van der Waals surface area contributed by atoms with Crippen molar-refractivity contribution in [3.8, 4) is 0 Å². The molecule has 0 radical (unpaired) electrons. The lowest BCUT2D eigenvalue weighted by Crippen LogP contribution is -2.40. The van der Waals surface area contributed by atoms with Crippen molar-refractivity contribution in [1.29, 1.82) is 0 Å². The average molecular weight is 319 g/mol. The highest BCUT2D eigenvalue weighted by atomic mass is 32.1. The summed E-state index contributed by atoms with van der Waals surface area (Å²) < 4.78 is 5.18. The molecule has 1 saturated heterocycles. The number of ether oxygens (including phenoxy) is 1. The monoisotopic (exact) mass is 319 g/mol. The van der Waals surface area contributed by atoms with Crippen molar-refractivity contribution in [3.63, 3.8) is 0 Å². The molecular formula is C16H21N3O2S. The van der Waals surface area contributed by atoms with Gasteiger partial charge in [0.05, 0.1) is 17.9 Å². The Morgan fingerprint density at radius 2 is 2.27 bits per heavy atom.